The van der Waals surface area contributed by atoms with Gasteiger partial charge in [0.25, 0.3) is 11.8 Å². The molecule has 4 fully saturated rings. The summed E-state index contributed by atoms with van der Waals surface area (Å²) in [5, 5.41) is 10.1. The van der Waals surface area contributed by atoms with Crippen LogP contribution in [0.2, 0.25) is 0 Å². The van der Waals surface area contributed by atoms with Gasteiger partial charge < -0.3 is 19.3 Å². The number of nitriles is 1. The average molecular weight is 403 g/mol. The minimum atomic E-state index is -1.08. The molecule has 5 aliphatic rings. The van der Waals surface area contributed by atoms with E-state index in [4.69, 9.17) is 9.47 Å². The highest BCUT2D eigenvalue weighted by atomic mass is 33.1. The zero-order chi connectivity index (χ0) is 19.2. The molecule has 140 valence electrons. The van der Waals surface area contributed by atoms with Crippen LogP contribution in [0.25, 0.3) is 0 Å². The SMILES string of the molecule is CN1C(=O)[C@@]23C[C@](C)(C#N)C(c4cccc5c4OCO5)N2C(=O)C1(C)SS3. The Hall–Kier alpha value is -2.05. The molecule has 4 atom stereocenters. The van der Waals surface area contributed by atoms with Crippen molar-refractivity contribution in [3.63, 3.8) is 0 Å². The van der Waals surface area contributed by atoms with Crippen molar-refractivity contribution in [2.45, 2.75) is 36.1 Å². The van der Waals surface area contributed by atoms with Crippen LogP contribution >= 0.6 is 21.6 Å². The van der Waals surface area contributed by atoms with Crippen molar-refractivity contribution < 1.29 is 19.1 Å². The topological polar surface area (TPSA) is 82.9 Å². The van der Waals surface area contributed by atoms with Crippen LogP contribution in [0.1, 0.15) is 31.9 Å². The third kappa shape index (κ3) is 1.81. The average Bonchev–Trinajstić information content (AvgIpc) is 3.24. The quantitative estimate of drug-likeness (QED) is 0.666. The van der Waals surface area contributed by atoms with Crippen LogP contribution in [0.5, 0.6) is 11.5 Å². The van der Waals surface area contributed by atoms with Crippen molar-refractivity contribution in [2.75, 3.05) is 13.8 Å². The summed E-state index contributed by atoms with van der Waals surface area (Å²) in [6.45, 7) is 3.69. The molecule has 6 rings (SSSR count). The molecule has 2 unspecified atom stereocenters. The van der Waals surface area contributed by atoms with Gasteiger partial charge >= 0.3 is 0 Å². The fourth-order valence-electron chi connectivity index (χ4n) is 4.55. The van der Waals surface area contributed by atoms with Crippen molar-refractivity contribution in [3.8, 4) is 17.6 Å². The van der Waals surface area contributed by atoms with E-state index in [-0.39, 0.29) is 25.0 Å². The molecular formula is C18H17N3O4S2. The third-order valence-electron chi connectivity index (χ3n) is 6.07. The van der Waals surface area contributed by atoms with Gasteiger partial charge in [-0.3, -0.25) is 9.59 Å². The molecule has 5 heterocycles. The van der Waals surface area contributed by atoms with Crippen LogP contribution in [-0.2, 0) is 9.59 Å². The van der Waals surface area contributed by atoms with Crippen molar-refractivity contribution in [3.05, 3.63) is 23.8 Å². The Morgan fingerprint density at radius 2 is 2.00 bits per heavy atom. The Labute approximate surface area is 164 Å². The van der Waals surface area contributed by atoms with E-state index in [0.29, 0.717) is 11.5 Å². The fourth-order valence-corrected chi connectivity index (χ4v) is 8.14. The summed E-state index contributed by atoms with van der Waals surface area (Å²) in [5.74, 6) is 0.884. The van der Waals surface area contributed by atoms with Gasteiger partial charge in [0, 0.05) is 19.0 Å². The summed E-state index contributed by atoms with van der Waals surface area (Å²) < 4.78 is 11.2. The molecule has 1 spiro atoms. The van der Waals surface area contributed by atoms with Gasteiger partial charge in [-0.15, -0.1) is 0 Å². The van der Waals surface area contributed by atoms with E-state index in [1.807, 2.05) is 19.1 Å². The lowest BCUT2D eigenvalue weighted by molar-refractivity contribution is -0.164. The zero-order valence-electron chi connectivity index (χ0n) is 15.0. The monoisotopic (exact) mass is 403 g/mol. The Bertz CT molecular complexity index is 949. The summed E-state index contributed by atoms with van der Waals surface area (Å²) in [7, 11) is 4.47. The standard InChI is InChI=1S/C18H17N3O4S2/c1-16(8-19)7-18-15(23)20(3)17(2,26-27-18)14(22)21(18)13(16)10-5-4-6-11-12(10)25-9-24-11/h4-6,13H,7,9H2,1-3H3/t13?,16-,17?,18+/m1/s1. The first-order chi connectivity index (χ1) is 12.8. The van der Waals surface area contributed by atoms with Gasteiger partial charge in [-0.05, 0) is 19.9 Å². The lowest BCUT2D eigenvalue weighted by atomic mass is 9.79. The summed E-state index contributed by atoms with van der Waals surface area (Å²) in [4.78, 5) is 27.9. The number of likely N-dealkylation sites (N-methyl/N-ethyl adjacent to an activating group) is 1. The van der Waals surface area contributed by atoms with Crippen molar-refractivity contribution in [1.82, 2.24) is 9.80 Å². The molecule has 5 aliphatic heterocycles. The van der Waals surface area contributed by atoms with Crippen molar-refractivity contribution in [2.24, 2.45) is 5.41 Å². The molecule has 4 saturated heterocycles. The number of rotatable bonds is 1. The van der Waals surface area contributed by atoms with Crippen molar-refractivity contribution in [1.29, 1.82) is 5.26 Å². The number of fused-ring (bicyclic) bond motifs is 3. The number of carbonyl (C=O) groups excluding carboxylic acids is 2. The van der Waals surface area contributed by atoms with E-state index in [9.17, 15) is 14.9 Å². The number of hydrogen-bond acceptors (Lipinski definition) is 7. The molecule has 0 aromatic heterocycles. The molecule has 2 amide bonds. The van der Waals surface area contributed by atoms with Crippen LogP contribution in [-0.4, -0.2) is 45.2 Å². The molecular weight excluding hydrogens is 386 g/mol. The number of nitrogens with zero attached hydrogens (tertiary/aromatic N) is 3. The maximum absolute atomic E-state index is 13.5. The minimum absolute atomic E-state index is 0.103. The van der Waals surface area contributed by atoms with Gasteiger partial charge in [0.15, 0.2) is 21.2 Å². The highest BCUT2D eigenvalue weighted by Gasteiger charge is 2.75. The predicted molar refractivity (Wildman–Crippen MR) is 99.6 cm³/mol. The van der Waals surface area contributed by atoms with E-state index in [0.717, 1.165) is 5.56 Å². The highest BCUT2D eigenvalue weighted by Crippen LogP contribution is 2.70. The van der Waals surface area contributed by atoms with Gasteiger partial charge in [-0.1, -0.05) is 33.7 Å². The predicted octanol–water partition coefficient (Wildman–Crippen LogP) is 2.50. The Morgan fingerprint density at radius 1 is 1.22 bits per heavy atom. The van der Waals surface area contributed by atoms with E-state index in [1.165, 1.54) is 26.5 Å². The van der Waals surface area contributed by atoms with Crippen LogP contribution in [0.15, 0.2) is 18.2 Å². The lowest BCUT2D eigenvalue weighted by Gasteiger charge is -2.57. The Kier molecular flexibility index (Phi) is 3.20. The maximum atomic E-state index is 13.5. The largest absolute Gasteiger partial charge is 0.454 e. The number of ether oxygens (including phenoxy) is 2. The first-order valence-electron chi connectivity index (χ1n) is 8.57. The van der Waals surface area contributed by atoms with Gasteiger partial charge in [0.05, 0.1) is 17.5 Å². The van der Waals surface area contributed by atoms with Crippen LogP contribution < -0.4 is 9.47 Å². The Morgan fingerprint density at radius 3 is 2.74 bits per heavy atom. The first kappa shape index (κ1) is 17.1. The van der Waals surface area contributed by atoms with Gasteiger partial charge in [0.1, 0.15) is 0 Å². The molecule has 0 aliphatic carbocycles. The molecule has 27 heavy (non-hydrogen) atoms. The van der Waals surface area contributed by atoms with E-state index in [1.54, 1.807) is 24.9 Å². The van der Waals surface area contributed by atoms with Crippen molar-refractivity contribution >= 4 is 33.4 Å². The molecule has 9 heteroatoms. The summed E-state index contributed by atoms with van der Waals surface area (Å²) in [6.07, 6.45) is 0.272. The van der Waals surface area contributed by atoms with Gasteiger partial charge in [0.2, 0.25) is 6.79 Å². The summed E-state index contributed by atoms with van der Waals surface area (Å²) >= 11 is 0. The van der Waals surface area contributed by atoms with E-state index < -0.39 is 21.2 Å². The second-order valence-electron chi connectivity index (χ2n) is 7.66. The number of benzene rings is 1. The zero-order valence-corrected chi connectivity index (χ0v) is 16.6. The first-order valence-corrected chi connectivity index (χ1v) is 10.7. The van der Waals surface area contributed by atoms with Crippen LogP contribution in [0.4, 0.5) is 0 Å². The molecule has 0 radical (unpaired) electrons. The second kappa shape index (κ2) is 5.06. The third-order valence-corrected chi connectivity index (χ3v) is 9.77. The van der Waals surface area contributed by atoms with Gasteiger partial charge in [-0.2, -0.15) is 5.26 Å². The van der Waals surface area contributed by atoms with Gasteiger partial charge in [-0.25, -0.2) is 0 Å². The number of amides is 2. The summed E-state index contributed by atoms with van der Waals surface area (Å²) in [5.41, 5.74) is -0.215. The van der Waals surface area contributed by atoms with Crippen LogP contribution in [0.3, 0.4) is 0 Å². The Balaban J connectivity index is 1.75. The molecule has 1 aromatic rings. The molecule has 1 aromatic carbocycles. The molecule has 7 nitrogen and oxygen atoms in total. The number of carbonyl (C=O) groups is 2. The highest BCUT2D eigenvalue weighted by molar-refractivity contribution is 8.78. The summed E-state index contributed by atoms with van der Waals surface area (Å²) in [6, 6.07) is 7.30. The number of piperazine rings is 1. The smallest absolute Gasteiger partial charge is 0.261 e. The molecule has 0 N–H and O–H groups in total. The number of hydrogen-bond donors (Lipinski definition) is 0. The molecule has 2 bridgehead atoms. The normalized spacial score (nSPS) is 39.0. The fraction of sp³-hybridized carbons (Fsp3) is 0.500. The minimum Gasteiger partial charge on any atom is -0.454 e. The second-order valence-corrected chi connectivity index (χ2v) is 10.5. The molecule has 0 saturated carbocycles. The lowest BCUT2D eigenvalue weighted by Crippen LogP contribution is -2.73. The van der Waals surface area contributed by atoms with Crippen LogP contribution in [0, 0.1) is 16.7 Å². The van der Waals surface area contributed by atoms with E-state index >= 15 is 0 Å². The van der Waals surface area contributed by atoms with E-state index in [2.05, 4.69) is 6.07 Å². The number of para-hydroxylation sites is 1. The maximum Gasteiger partial charge on any atom is 0.261 e.